The van der Waals surface area contributed by atoms with Gasteiger partial charge in [0.2, 0.25) is 0 Å². The highest BCUT2D eigenvalue weighted by Crippen LogP contribution is 2.00. The van der Waals surface area contributed by atoms with Crippen LogP contribution in [0.2, 0.25) is 0 Å². The third-order valence-electron chi connectivity index (χ3n) is 2.56. The second-order valence-electron chi connectivity index (χ2n) is 4.17. The van der Waals surface area contributed by atoms with Crippen LogP contribution in [0.1, 0.15) is 18.4 Å². The number of hydrogen-bond donors (Lipinski definition) is 3. The summed E-state index contributed by atoms with van der Waals surface area (Å²) >= 11 is 0. The number of ether oxygens (including phenoxy) is 1. The van der Waals surface area contributed by atoms with Crippen LogP contribution in [0, 0.1) is 0 Å². The highest BCUT2D eigenvalue weighted by molar-refractivity contribution is 5.71. The molecule has 0 aromatic heterocycles. The van der Waals surface area contributed by atoms with Gasteiger partial charge in [-0.3, -0.25) is 0 Å². The Hall–Kier alpha value is -2.08. The molecule has 0 saturated heterocycles. The molecule has 1 atom stereocenters. The highest BCUT2D eigenvalue weighted by Gasteiger charge is 2.14. The van der Waals surface area contributed by atoms with Gasteiger partial charge in [0.15, 0.2) is 6.04 Å². The van der Waals surface area contributed by atoms with Gasteiger partial charge in [-0.15, -0.1) is 0 Å². The summed E-state index contributed by atoms with van der Waals surface area (Å²) in [6, 6.07) is 8.73. The molecule has 6 nitrogen and oxygen atoms in total. The first-order valence-electron chi connectivity index (χ1n) is 6.10. The fraction of sp³-hybridized carbons (Fsp3) is 0.385. The van der Waals surface area contributed by atoms with Crippen molar-refractivity contribution in [2.24, 2.45) is 0 Å². The number of hydrogen-bond acceptors (Lipinski definition) is 3. The minimum absolute atomic E-state index is 0.222. The molecule has 19 heavy (non-hydrogen) atoms. The molecule has 6 heteroatoms. The third kappa shape index (κ3) is 6.42. The number of benzene rings is 1. The lowest BCUT2D eigenvalue weighted by molar-refractivity contribution is -0.409. The summed E-state index contributed by atoms with van der Waals surface area (Å²) in [5.41, 5.74) is 4.40. The predicted octanol–water partition coefficient (Wildman–Crippen LogP) is 0.388. The number of quaternary nitrogens is 1. The summed E-state index contributed by atoms with van der Waals surface area (Å²) in [4.78, 5) is 21.8. The average molecular weight is 267 g/mol. The first kappa shape index (κ1) is 15.0. The van der Waals surface area contributed by atoms with Crippen LogP contribution in [-0.4, -0.2) is 29.8 Å². The minimum Gasteiger partial charge on any atom is -0.477 e. The quantitative estimate of drug-likeness (QED) is 0.622. The highest BCUT2D eigenvalue weighted by atomic mass is 16.5. The molecular formula is C13H19N2O4+. The summed E-state index contributed by atoms with van der Waals surface area (Å²) in [6.07, 6.45) is 0.481. The summed E-state index contributed by atoms with van der Waals surface area (Å²) in [5.74, 6) is -0.924. The predicted molar refractivity (Wildman–Crippen MR) is 68.2 cm³/mol. The van der Waals surface area contributed by atoms with E-state index >= 15 is 0 Å². The average Bonchev–Trinajstić information content (AvgIpc) is 2.42. The zero-order chi connectivity index (χ0) is 14.1. The first-order chi connectivity index (χ1) is 9.09. The van der Waals surface area contributed by atoms with Crippen molar-refractivity contribution in [2.45, 2.75) is 25.5 Å². The summed E-state index contributed by atoms with van der Waals surface area (Å²) in [6.45, 7) is 0.604. The van der Waals surface area contributed by atoms with Crippen molar-refractivity contribution in [1.82, 2.24) is 5.32 Å². The first-order valence-corrected chi connectivity index (χ1v) is 6.10. The number of carboxylic acid groups (broad SMARTS) is 1. The van der Waals surface area contributed by atoms with E-state index in [1.165, 1.54) is 0 Å². The van der Waals surface area contributed by atoms with Gasteiger partial charge >= 0.3 is 12.1 Å². The van der Waals surface area contributed by atoms with Crippen LogP contribution in [-0.2, 0) is 16.1 Å². The number of alkyl carbamates (subject to hydrolysis) is 1. The smallest absolute Gasteiger partial charge is 0.407 e. The number of amides is 1. The maximum atomic E-state index is 11.3. The lowest BCUT2D eigenvalue weighted by atomic mass is 10.2. The van der Waals surface area contributed by atoms with Crippen LogP contribution in [0.3, 0.4) is 0 Å². The van der Waals surface area contributed by atoms with E-state index in [4.69, 9.17) is 9.84 Å². The number of carbonyl (C=O) groups is 2. The van der Waals surface area contributed by atoms with Crippen molar-refractivity contribution in [3.8, 4) is 0 Å². The normalized spacial score (nSPS) is 11.6. The molecule has 5 N–H and O–H groups in total. The maximum absolute atomic E-state index is 11.3. The Labute approximate surface area is 111 Å². The van der Waals surface area contributed by atoms with E-state index in [2.05, 4.69) is 11.1 Å². The molecule has 1 aromatic carbocycles. The fourth-order valence-corrected chi connectivity index (χ4v) is 1.44. The molecule has 0 unspecified atom stereocenters. The summed E-state index contributed by atoms with van der Waals surface area (Å²) < 4.78 is 5.00. The van der Waals surface area contributed by atoms with E-state index < -0.39 is 18.1 Å². The molecule has 0 fully saturated rings. The topological polar surface area (TPSA) is 103 Å². The molecule has 0 bridgehead atoms. The van der Waals surface area contributed by atoms with E-state index in [1.54, 1.807) is 0 Å². The van der Waals surface area contributed by atoms with E-state index in [0.717, 1.165) is 5.56 Å². The van der Waals surface area contributed by atoms with Crippen molar-refractivity contribution >= 4 is 12.1 Å². The molecule has 1 rings (SSSR count). The molecule has 104 valence electrons. The molecule has 1 aromatic rings. The Morgan fingerprint density at radius 1 is 1.32 bits per heavy atom. The lowest BCUT2D eigenvalue weighted by Crippen LogP contribution is -2.64. The Bertz CT molecular complexity index is 408. The van der Waals surface area contributed by atoms with Crippen LogP contribution in [0.4, 0.5) is 4.79 Å². The second kappa shape index (κ2) is 8.10. The second-order valence-corrected chi connectivity index (χ2v) is 4.17. The van der Waals surface area contributed by atoms with Crippen molar-refractivity contribution in [2.75, 3.05) is 6.54 Å². The van der Waals surface area contributed by atoms with Crippen molar-refractivity contribution < 1.29 is 25.2 Å². The lowest BCUT2D eigenvalue weighted by Gasteiger charge is -2.07. The van der Waals surface area contributed by atoms with Gasteiger partial charge < -0.3 is 20.9 Å². The van der Waals surface area contributed by atoms with Crippen molar-refractivity contribution in [3.05, 3.63) is 35.9 Å². The third-order valence-corrected chi connectivity index (χ3v) is 2.56. The van der Waals surface area contributed by atoms with E-state index in [9.17, 15) is 9.59 Å². The van der Waals surface area contributed by atoms with E-state index in [-0.39, 0.29) is 6.61 Å². The van der Waals surface area contributed by atoms with Crippen LogP contribution < -0.4 is 11.1 Å². The molecule has 0 spiro atoms. The maximum Gasteiger partial charge on any atom is 0.407 e. The van der Waals surface area contributed by atoms with Gasteiger partial charge in [-0.2, -0.15) is 0 Å². The SMILES string of the molecule is [NH3+][C@@H](CCCNC(=O)OCc1ccccc1)C(=O)O. The Morgan fingerprint density at radius 2 is 2.00 bits per heavy atom. The number of nitrogens with one attached hydrogen (secondary N) is 1. The van der Waals surface area contributed by atoms with Crippen LogP contribution in [0.25, 0.3) is 0 Å². The van der Waals surface area contributed by atoms with Crippen molar-refractivity contribution in [3.63, 3.8) is 0 Å². The van der Waals surface area contributed by atoms with Gasteiger partial charge in [0, 0.05) is 13.0 Å². The fourth-order valence-electron chi connectivity index (χ4n) is 1.44. The zero-order valence-electron chi connectivity index (χ0n) is 10.7. The monoisotopic (exact) mass is 267 g/mol. The van der Waals surface area contributed by atoms with Gasteiger partial charge in [0.05, 0.1) is 0 Å². The van der Waals surface area contributed by atoms with Gasteiger partial charge in [-0.1, -0.05) is 30.3 Å². The molecule has 0 radical (unpaired) electrons. The number of carbonyl (C=O) groups excluding carboxylic acids is 1. The number of carboxylic acids is 1. The molecule has 0 aliphatic heterocycles. The Balaban J connectivity index is 2.10. The number of rotatable bonds is 7. The van der Waals surface area contributed by atoms with Gasteiger partial charge in [-0.05, 0) is 12.0 Å². The largest absolute Gasteiger partial charge is 0.477 e. The van der Waals surface area contributed by atoms with Crippen LogP contribution >= 0.6 is 0 Å². The number of aliphatic carboxylic acids is 1. The van der Waals surface area contributed by atoms with Crippen LogP contribution in [0.15, 0.2) is 30.3 Å². The molecule has 1 amide bonds. The molecule has 0 saturated carbocycles. The molecular weight excluding hydrogens is 248 g/mol. The van der Waals surface area contributed by atoms with Crippen molar-refractivity contribution in [1.29, 1.82) is 0 Å². The van der Waals surface area contributed by atoms with E-state index in [0.29, 0.717) is 19.4 Å². The van der Waals surface area contributed by atoms with Gasteiger partial charge in [0.1, 0.15) is 6.61 Å². The minimum atomic E-state index is -0.924. The molecule has 0 heterocycles. The van der Waals surface area contributed by atoms with E-state index in [1.807, 2.05) is 30.3 Å². The van der Waals surface area contributed by atoms with Gasteiger partial charge in [0.25, 0.3) is 0 Å². The summed E-state index contributed by atoms with van der Waals surface area (Å²) in [7, 11) is 0. The zero-order valence-corrected chi connectivity index (χ0v) is 10.7. The Kier molecular flexibility index (Phi) is 6.38. The van der Waals surface area contributed by atoms with Gasteiger partial charge in [-0.25, -0.2) is 9.59 Å². The standard InChI is InChI=1S/C13H18N2O4/c14-11(12(16)17)7-4-8-15-13(18)19-9-10-5-2-1-3-6-10/h1-3,5-6,11H,4,7-9,14H2,(H,15,18)(H,16,17)/p+1/t11-/m0/s1. The molecule has 0 aliphatic rings. The summed E-state index contributed by atoms with van der Waals surface area (Å²) in [5, 5.41) is 11.2. The van der Waals surface area contributed by atoms with Crippen LogP contribution in [0.5, 0.6) is 0 Å². The Morgan fingerprint density at radius 3 is 2.63 bits per heavy atom. The molecule has 0 aliphatic carbocycles.